The Morgan fingerprint density at radius 1 is 1.46 bits per heavy atom. The molecule has 0 aliphatic rings. The van der Waals surface area contributed by atoms with Crippen LogP contribution in [0.3, 0.4) is 0 Å². The zero-order valence-corrected chi connectivity index (χ0v) is 6.39. The molecule has 1 amide bonds. The fourth-order valence-corrected chi connectivity index (χ4v) is 0.768. The number of hydrogen-bond donors (Lipinski definition) is 1. The molecule has 1 rings (SSSR count). The maximum absolute atomic E-state index is 11.9. The monoisotopic (exact) mass is 193 g/mol. The second-order valence-electron chi connectivity index (χ2n) is 2.26. The van der Waals surface area contributed by atoms with Gasteiger partial charge in [-0.05, 0) is 12.1 Å². The molecule has 72 valence electrons. The molecule has 1 aromatic heterocycles. The standard InChI is InChI=1S/C7H6F3NO2/c8-7(9,10)6-2-1-5(13-6)3-11-4-12/h1-2,4H,3H2,(H,11,12). The Morgan fingerprint density at radius 2 is 2.15 bits per heavy atom. The first kappa shape index (κ1) is 9.63. The molecule has 1 aromatic rings. The molecular formula is C7H6F3NO2. The molecule has 0 spiro atoms. The molecule has 6 heteroatoms. The quantitative estimate of drug-likeness (QED) is 0.740. The molecule has 0 atom stereocenters. The van der Waals surface area contributed by atoms with Gasteiger partial charge in [0.2, 0.25) is 12.2 Å². The van der Waals surface area contributed by atoms with E-state index in [1.807, 2.05) is 0 Å². The molecule has 0 radical (unpaired) electrons. The van der Waals surface area contributed by atoms with Crippen molar-refractivity contribution in [3.8, 4) is 0 Å². The van der Waals surface area contributed by atoms with Crippen molar-refractivity contribution in [2.45, 2.75) is 12.7 Å². The summed E-state index contributed by atoms with van der Waals surface area (Å²) >= 11 is 0. The lowest BCUT2D eigenvalue weighted by atomic mass is 10.4. The van der Waals surface area contributed by atoms with E-state index in [2.05, 4.69) is 9.73 Å². The van der Waals surface area contributed by atoms with Crippen molar-refractivity contribution in [3.63, 3.8) is 0 Å². The van der Waals surface area contributed by atoms with Crippen LogP contribution in [0.5, 0.6) is 0 Å². The van der Waals surface area contributed by atoms with Gasteiger partial charge in [0.05, 0.1) is 6.54 Å². The summed E-state index contributed by atoms with van der Waals surface area (Å²) in [6.45, 7) is -0.0421. The fraction of sp³-hybridized carbons (Fsp3) is 0.286. The molecule has 0 aromatic carbocycles. The maximum atomic E-state index is 11.9. The minimum atomic E-state index is -4.47. The van der Waals surface area contributed by atoms with Crippen LogP contribution in [0.1, 0.15) is 11.5 Å². The summed E-state index contributed by atoms with van der Waals surface area (Å²) in [5, 5.41) is 2.19. The van der Waals surface area contributed by atoms with Gasteiger partial charge in [0.1, 0.15) is 5.76 Å². The van der Waals surface area contributed by atoms with Crippen LogP contribution in [-0.2, 0) is 17.5 Å². The summed E-state index contributed by atoms with van der Waals surface area (Å²) < 4.78 is 40.2. The fourth-order valence-electron chi connectivity index (χ4n) is 0.768. The van der Waals surface area contributed by atoms with Crippen LogP contribution in [0.4, 0.5) is 13.2 Å². The van der Waals surface area contributed by atoms with Gasteiger partial charge in [-0.3, -0.25) is 4.79 Å². The Labute approximate surface area is 71.5 Å². The third-order valence-electron chi connectivity index (χ3n) is 1.30. The van der Waals surface area contributed by atoms with E-state index in [-0.39, 0.29) is 12.3 Å². The molecule has 0 fully saturated rings. The third-order valence-corrected chi connectivity index (χ3v) is 1.30. The summed E-state index contributed by atoms with van der Waals surface area (Å²) in [4.78, 5) is 9.81. The Hall–Kier alpha value is -1.46. The number of halogens is 3. The third kappa shape index (κ3) is 2.50. The topological polar surface area (TPSA) is 42.2 Å². The van der Waals surface area contributed by atoms with Crippen molar-refractivity contribution in [3.05, 3.63) is 23.7 Å². The van der Waals surface area contributed by atoms with Gasteiger partial charge in [0, 0.05) is 0 Å². The summed E-state index contributed by atoms with van der Waals surface area (Å²) in [5.41, 5.74) is 0. The number of furan rings is 1. The highest BCUT2D eigenvalue weighted by molar-refractivity contribution is 5.45. The average Bonchev–Trinajstić information content (AvgIpc) is 2.47. The molecule has 0 saturated carbocycles. The Morgan fingerprint density at radius 3 is 2.62 bits per heavy atom. The van der Waals surface area contributed by atoms with E-state index in [4.69, 9.17) is 0 Å². The van der Waals surface area contributed by atoms with Crippen molar-refractivity contribution < 1.29 is 22.4 Å². The zero-order chi connectivity index (χ0) is 9.90. The van der Waals surface area contributed by atoms with Crippen molar-refractivity contribution in [1.82, 2.24) is 5.32 Å². The van der Waals surface area contributed by atoms with Crippen LogP contribution in [0.15, 0.2) is 16.5 Å². The number of amides is 1. The molecule has 1 N–H and O–H groups in total. The second kappa shape index (κ2) is 3.51. The molecule has 0 saturated heterocycles. The lowest BCUT2D eigenvalue weighted by Gasteiger charge is -2.00. The molecule has 0 aliphatic heterocycles. The summed E-state index contributed by atoms with van der Waals surface area (Å²) in [7, 11) is 0. The van der Waals surface area contributed by atoms with Crippen LogP contribution < -0.4 is 5.32 Å². The van der Waals surface area contributed by atoms with Gasteiger partial charge in [-0.15, -0.1) is 0 Å². The van der Waals surface area contributed by atoms with Gasteiger partial charge < -0.3 is 9.73 Å². The van der Waals surface area contributed by atoms with Crippen molar-refractivity contribution >= 4 is 6.41 Å². The molecule has 0 unspecified atom stereocenters. The predicted octanol–water partition coefficient (Wildman–Crippen LogP) is 1.54. The first-order valence-electron chi connectivity index (χ1n) is 3.37. The van der Waals surface area contributed by atoms with Gasteiger partial charge in [-0.1, -0.05) is 0 Å². The van der Waals surface area contributed by atoms with Crippen LogP contribution in [0, 0.1) is 0 Å². The Kier molecular flexibility index (Phi) is 2.60. The van der Waals surface area contributed by atoms with E-state index in [0.717, 1.165) is 6.07 Å². The van der Waals surface area contributed by atoms with Gasteiger partial charge in [-0.2, -0.15) is 13.2 Å². The molecule has 1 heterocycles. The summed E-state index contributed by atoms with van der Waals surface area (Å²) in [6.07, 6.45) is -4.09. The second-order valence-corrected chi connectivity index (χ2v) is 2.26. The van der Waals surface area contributed by atoms with Crippen molar-refractivity contribution in [2.24, 2.45) is 0 Å². The number of carbonyl (C=O) groups excluding carboxylic acids is 1. The van der Waals surface area contributed by atoms with Crippen LogP contribution in [-0.4, -0.2) is 6.41 Å². The smallest absolute Gasteiger partial charge is 0.449 e. The van der Waals surface area contributed by atoms with Crippen LogP contribution in [0.2, 0.25) is 0 Å². The maximum Gasteiger partial charge on any atom is 0.449 e. The first-order valence-corrected chi connectivity index (χ1v) is 3.37. The van der Waals surface area contributed by atoms with Gasteiger partial charge in [-0.25, -0.2) is 0 Å². The molecule has 0 aliphatic carbocycles. The van der Waals surface area contributed by atoms with Crippen LogP contribution in [0.25, 0.3) is 0 Å². The summed E-state index contributed by atoms with van der Waals surface area (Å²) in [5.74, 6) is -0.991. The minimum absolute atomic E-state index is 0.0421. The molecule has 3 nitrogen and oxygen atoms in total. The van der Waals surface area contributed by atoms with Crippen LogP contribution >= 0.6 is 0 Å². The van der Waals surface area contributed by atoms with E-state index in [9.17, 15) is 18.0 Å². The van der Waals surface area contributed by atoms with E-state index in [1.54, 1.807) is 0 Å². The van der Waals surface area contributed by atoms with Gasteiger partial charge >= 0.3 is 6.18 Å². The highest BCUT2D eigenvalue weighted by Crippen LogP contribution is 2.30. The highest BCUT2D eigenvalue weighted by atomic mass is 19.4. The largest absolute Gasteiger partial charge is 0.455 e. The van der Waals surface area contributed by atoms with E-state index >= 15 is 0 Å². The number of hydrogen-bond acceptors (Lipinski definition) is 2. The lowest BCUT2D eigenvalue weighted by molar-refractivity contribution is -0.153. The molecular weight excluding hydrogens is 187 g/mol. The SMILES string of the molecule is O=CNCc1ccc(C(F)(F)F)o1. The number of rotatable bonds is 3. The Bertz CT molecular complexity index is 292. The molecule has 13 heavy (non-hydrogen) atoms. The Balaban J connectivity index is 2.69. The van der Waals surface area contributed by atoms with Gasteiger partial charge in [0.15, 0.2) is 0 Å². The van der Waals surface area contributed by atoms with Crippen molar-refractivity contribution in [2.75, 3.05) is 0 Å². The predicted molar refractivity (Wildman–Crippen MR) is 36.6 cm³/mol. The van der Waals surface area contributed by atoms with E-state index in [0.29, 0.717) is 6.41 Å². The number of carbonyl (C=O) groups is 1. The normalized spacial score (nSPS) is 11.3. The number of alkyl halides is 3. The van der Waals surface area contributed by atoms with Crippen molar-refractivity contribution in [1.29, 1.82) is 0 Å². The zero-order valence-electron chi connectivity index (χ0n) is 6.39. The lowest BCUT2D eigenvalue weighted by Crippen LogP contribution is -2.09. The van der Waals surface area contributed by atoms with Gasteiger partial charge in [0.25, 0.3) is 0 Å². The number of nitrogens with one attached hydrogen (secondary N) is 1. The first-order chi connectivity index (χ1) is 6.04. The van der Waals surface area contributed by atoms with E-state index < -0.39 is 11.9 Å². The molecule has 0 bridgehead atoms. The summed E-state index contributed by atoms with van der Waals surface area (Å²) in [6, 6.07) is 1.99. The highest BCUT2D eigenvalue weighted by Gasteiger charge is 2.34. The minimum Gasteiger partial charge on any atom is -0.455 e. The average molecular weight is 193 g/mol. The van der Waals surface area contributed by atoms with E-state index in [1.165, 1.54) is 6.07 Å².